The van der Waals surface area contributed by atoms with E-state index in [-0.39, 0.29) is 17.9 Å². The minimum absolute atomic E-state index is 0.0546. The first-order valence-corrected chi connectivity index (χ1v) is 9.29. The SMILES string of the molecule is Nc1ncnc2c1ncn2[C@@H]1O[C@H](/C=C/CNC(=O)c2cccc(O)c2O)[C@H](O)C1O. The van der Waals surface area contributed by atoms with Gasteiger partial charge in [-0.3, -0.25) is 9.36 Å². The van der Waals surface area contributed by atoms with Crippen LogP contribution < -0.4 is 11.1 Å². The van der Waals surface area contributed by atoms with Gasteiger partial charge in [0.25, 0.3) is 5.91 Å². The molecule has 0 aliphatic carbocycles. The van der Waals surface area contributed by atoms with Crippen LogP contribution in [-0.4, -0.2) is 70.7 Å². The van der Waals surface area contributed by atoms with Crippen LogP contribution in [0.4, 0.5) is 5.82 Å². The topological polar surface area (TPSA) is 189 Å². The number of carbonyl (C=O) groups excluding carboxylic acids is 1. The Labute approximate surface area is 175 Å². The molecule has 1 amide bonds. The van der Waals surface area contributed by atoms with E-state index in [2.05, 4.69) is 20.3 Å². The molecule has 0 bridgehead atoms. The fourth-order valence-electron chi connectivity index (χ4n) is 3.29. The summed E-state index contributed by atoms with van der Waals surface area (Å²) in [6.45, 7) is 0.0546. The number of nitrogens with one attached hydrogen (secondary N) is 1. The minimum Gasteiger partial charge on any atom is -0.504 e. The van der Waals surface area contributed by atoms with E-state index in [1.54, 1.807) is 0 Å². The van der Waals surface area contributed by atoms with E-state index in [1.165, 1.54) is 47.6 Å². The predicted molar refractivity (Wildman–Crippen MR) is 107 cm³/mol. The third-order valence-corrected chi connectivity index (χ3v) is 4.90. The van der Waals surface area contributed by atoms with Crippen molar-refractivity contribution in [3.63, 3.8) is 0 Å². The fourth-order valence-corrected chi connectivity index (χ4v) is 3.29. The predicted octanol–water partition coefficient (Wildman–Crippen LogP) is -0.575. The number of anilines is 1. The number of amides is 1. The number of hydrogen-bond donors (Lipinski definition) is 6. The highest BCUT2D eigenvalue weighted by atomic mass is 16.6. The number of benzene rings is 1. The third-order valence-electron chi connectivity index (χ3n) is 4.90. The van der Waals surface area contributed by atoms with Crippen LogP contribution in [0, 0.1) is 0 Å². The van der Waals surface area contributed by atoms with Gasteiger partial charge in [0.05, 0.1) is 11.9 Å². The van der Waals surface area contributed by atoms with Crippen molar-refractivity contribution in [1.82, 2.24) is 24.8 Å². The number of phenolic OH excluding ortho intramolecular Hbond substituents is 2. The molecule has 3 heterocycles. The van der Waals surface area contributed by atoms with Crippen molar-refractivity contribution in [2.24, 2.45) is 0 Å². The molecule has 0 radical (unpaired) electrons. The molecule has 1 aliphatic rings. The number of aliphatic hydroxyl groups is 2. The first-order valence-electron chi connectivity index (χ1n) is 9.29. The first kappa shape index (κ1) is 20.5. The Morgan fingerprint density at radius 2 is 2.03 bits per heavy atom. The number of nitrogen functional groups attached to an aromatic ring is 1. The van der Waals surface area contributed by atoms with Gasteiger partial charge in [0.15, 0.2) is 29.2 Å². The number of nitrogens with zero attached hydrogens (tertiary/aromatic N) is 4. The van der Waals surface area contributed by atoms with Gasteiger partial charge >= 0.3 is 0 Å². The van der Waals surface area contributed by atoms with Crippen molar-refractivity contribution >= 4 is 22.9 Å². The Morgan fingerprint density at radius 1 is 1.23 bits per heavy atom. The van der Waals surface area contributed by atoms with Gasteiger partial charge in [-0.25, -0.2) is 15.0 Å². The number of rotatable bonds is 5. The molecule has 12 heteroatoms. The number of carbonyl (C=O) groups is 1. The van der Waals surface area contributed by atoms with Crippen molar-refractivity contribution < 1.29 is 30.0 Å². The standard InChI is InChI=1S/C19H20N6O6/c20-16-12-17(23-7-22-16)25(8-24-12)19-15(29)14(28)11(31-19)5-2-6-21-18(30)9-3-1-4-10(26)13(9)27/h1-5,7-8,11,14-15,19,26-29H,6H2,(H,21,30)(H2,20,22,23)/b5-2+/t11-,14+,15?,19-/m1/s1. The molecule has 7 N–H and O–H groups in total. The summed E-state index contributed by atoms with van der Waals surface area (Å²) in [4.78, 5) is 24.2. The van der Waals surface area contributed by atoms with Crippen molar-refractivity contribution in [2.75, 3.05) is 12.3 Å². The molecule has 0 spiro atoms. The fraction of sp³-hybridized carbons (Fsp3) is 0.263. The van der Waals surface area contributed by atoms with Crippen LogP contribution in [0.25, 0.3) is 11.2 Å². The van der Waals surface area contributed by atoms with Gasteiger partial charge in [-0.1, -0.05) is 18.2 Å². The maximum atomic E-state index is 12.1. The zero-order valence-corrected chi connectivity index (χ0v) is 16.0. The van der Waals surface area contributed by atoms with Crippen molar-refractivity contribution in [3.8, 4) is 11.5 Å². The van der Waals surface area contributed by atoms with Gasteiger partial charge in [-0.05, 0) is 12.1 Å². The molecule has 4 rings (SSSR count). The van der Waals surface area contributed by atoms with Crippen LogP contribution in [0.5, 0.6) is 11.5 Å². The van der Waals surface area contributed by atoms with Gasteiger partial charge in [-0.2, -0.15) is 0 Å². The van der Waals surface area contributed by atoms with E-state index in [0.717, 1.165) is 0 Å². The normalized spacial score (nSPS) is 23.5. The second kappa shape index (κ2) is 8.18. The van der Waals surface area contributed by atoms with E-state index in [4.69, 9.17) is 10.5 Å². The number of imidazole rings is 1. The quantitative estimate of drug-likeness (QED) is 0.227. The zero-order chi connectivity index (χ0) is 22.1. The molecule has 1 fully saturated rings. The number of ether oxygens (including phenoxy) is 1. The summed E-state index contributed by atoms with van der Waals surface area (Å²) in [5.74, 6) is -1.32. The van der Waals surface area contributed by atoms with Gasteiger partial charge in [0.1, 0.15) is 30.2 Å². The summed E-state index contributed by atoms with van der Waals surface area (Å²) in [5, 5.41) is 42.5. The number of hydrogen-bond acceptors (Lipinski definition) is 10. The molecule has 1 aliphatic heterocycles. The van der Waals surface area contributed by atoms with E-state index in [1.807, 2.05) is 0 Å². The molecule has 4 atom stereocenters. The Hall–Kier alpha value is -3.74. The number of para-hydroxylation sites is 1. The third kappa shape index (κ3) is 3.74. The Kier molecular flexibility index (Phi) is 5.42. The van der Waals surface area contributed by atoms with Crippen LogP contribution in [-0.2, 0) is 4.74 Å². The van der Waals surface area contributed by atoms with Crippen LogP contribution in [0.1, 0.15) is 16.6 Å². The van der Waals surface area contributed by atoms with Gasteiger partial charge < -0.3 is 36.2 Å². The molecule has 162 valence electrons. The average molecular weight is 428 g/mol. The van der Waals surface area contributed by atoms with Crippen LogP contribution >= 0.6 is 0 Å². The lowest BCUT2D eigenvalue weighted by molar-refractivity contribution is -0.0245. The summed E-state index contributed by atoms with van der Waals surface area (Å²) < 4.78 is 7.21. The number of phenols is 2. The summed E-state index contributed by atoms with van der Waals surface area (Å²) in [6, 6.07) is 4.06. The number of aromatic hydroxyl groups is 2. The van der Waals surface area contributed by atoms with E-state index in [0.29, 0.717) is 11.2 Å². The summed E-state index contributed by atoms with van der Waals surface area (Å²) in [6.07, 6.45) is 1.38. The van der Waals surface area contributed by atoms with E-state index < -0.39 is 41.9 Å². The summed E-state index contributed by atoms with van der Waals surface area (Å²) >= 11 is 0. The van der Waals surface area contributed by atoms with Gasteiger partial charge in [0.2, 0.25) is 0 Å². The number of aliphatic hydroxyl groups excluding tert-OH is 2. The molecular weight excluding hydrogens is 408 g/mol. The molecule has 12 nitrogen and oxygen atoms in total. The monoisotopic (exact) mass is 428 g/mol. The number of fused-ring (bicyclic) bond motifs is 1. The largest absolute Gasteiger partial charge is 0.504 e. The maximum Gasteiger partial charge on any atom is 0.255 e. The van der Waals surface area contributed by atoms with Crippen LogP contribution in [0.3, 0.4) is 0 Å². The van der Waals surface area contributed by atoms with E-state index >= 15 is 0 Å². The Balaban J connectivity index is 1.41. The summed E-state index contributed by atoms with van der Waals surface area (Å²) in [7, 11) is 0. The first-order chi connectivity index (χ1) is 14.9. The zero-order valence-electron chi connectivity index (χ0n) is 16.0. The Morgan fingerprint density at radius 3 is 2.84 bits per heavy atom. The second-order valence-corrected chi connectivity index (χ2v) is 6.87. The lowest BCUT2D eigenvalue weighted by atomic mass is 10.1. The van der Waals surface area contributed by atoms with Crippen LogP contribution in [0.15, 0.2) is 43.0 Å². The highest BCUT2D eigenvalue weighted by molar-refractivity contribution is 5.97. The maximum absolute atomic E-state index is 12.1. The molecule has 3 aromatic rings. The molecule has 0 saturated carbocycles. The molecule has 1 saturated heterocycles. The molecule has 2 aromatic heterocycles. The van der Waals surface area contributed by atoms with Crippen molar-refractivity contribution in [1.29, 1.82) is 0 Å². The number of nitrogens with two attached hydrogens (primary N) is 1. The Bertz CT molecular complexity index is 1150. The highest BCUT2D eigenvalue weighted by Crippen LogP contribution is 2.32. The molecule has 1 unspecified atom stereocenters. The summed E-state index contributed by atoms with van der Waals surface area (Å²) in [5.41, 5.74) is 6.40. The van der Waals surface area contributed by atoms with E-state index in [9.17, 15) is 25.2 Å². The van der Waals surface area contributed by atoms with Crippen molar-refractivity contribution in [2.45, 2.75) is 24.5 Å². The smallest absolute Gasteiger partial charge is 0.255 e. The minimum atomic E-state index is -1.26. The van der Waals surface area contributed by atoms with Crippen LogP contribution in [0.2, 0.25) is 0 Å². The number of aromatic nitrogens is 4. The lowest BCUT2D eigenvalue weighted by Crippen LogP contribution is -2.31. The lowest BCUT2D eigenvalue weighted by Gasteiger charge is -2.16. The molecule has 31 heavy (non-hydrogen) atoms. The second-order valence-electron chi connectivity index (χ2n) is 6.87. The highest BCUT2D eigenvalue weighted by Gasteiger charge is 2.43. The molecular formula is C19H20N6O6. The molecule has 1 aromatic carbocycles. The van der Waals surface area contributed by atoms with Gasteiger partial charge in [0, 0.05) is 6.54 Å². The van der Waals surface area contributed by atoms with Gasteiger partial charge in [-0.15, -0.1) is 0 Å². The van der Waals surface area contributed by atoms with Crippen molar-refractivity contribution in [3.05, 3.63) is 48.6 Å². The average Bonchev–Trinajstić information content (AvgIpc) is 3.30.